The fourth-order valence-corrected chi connectivity index (χ4v) is 6.00. The summed E-state index contributed by atoms with van der Waals surface area (Å²) in [5.74, 6) is 1.15. The summed E-state index contributed by atoms with van der Waals surface area (Å²) in [6.45, 7) is 1.18. The Labute approximate surface area is 217 Å². The summed E-state index contributed by atoms with van der Waals surface area (Å²) in [6.07, 6.45) is 0.380. The molecule has 2 fully saturated rings. The first-order valence-electron chi connectivity index (χ1n) is 13.4. The van der Waals surface area contributed by atoms with E-state index in [9.17, 15) is 23.4 Å². The number of aromatic nitrogens is 2. The van der Waals surface area contributed by atoms with Gasteiger partial charge in [-0.2, -0.15) is 13.2 Å². The van der Waals surface area contributed by atoms with Crippen molar-refractivity contribution < 1.29 is 32.2 Å². The fraction of sp³-hybridized carbons (Fsp3) is 0.517. The third-order valence-corrected chi connectivity index (χ3v) is 8.62. The quantitative estimate of drug-likeness (QED) is 0.300. The van der Waals surface area contributed by atoms with Crippen LogP contribution < -0.4 is 0 Å². The highest BCUT2D eigenvalue weighted by Gasteiger charge is 2.53. The van der Waals surface area contributed by atoms with E-state index in [0.29, 0.717) is 59.7 Å². The molecule has 38 heavy (non-hydrogen) atoms. The summed E-state index contributed by atoms with van der Waals surface area (Å²) in [6, 6.07) is 8.99. The van der Waals surface area contributed by atoms with Crippen molar-refractivity contribution in [1.29, 1.82) is 0 Å². The van der Waals surface area contributed by atoms with Crippen LogP contribution in [-0.4, -0.2) is 38.6 Å². The second-order valence-electron chi connectivity index (χ2n) is 11.1. The first-order valence-corrected chi connectivity index (χ1v) is 13.4. The Bertz CT molecular complexity index is 1340. The van der Waals surface area contributed by atoms with Gasteiger partial charge in [-0.25, -0.2) is 9.97 Å². The van der Waals surface area contributed by atoms with Crippen LogP contribution in [-0.2, 0) is 5.41 Å². The molecule has 0 saturated heterocycles. The van der Waals surface area contributed by atoms with Gasteiger partial charge in [0.25, 0.3) is 0 Å². The van der Waals surface area contributed by atoms with Gasteiger partial charge >= 0.3 is 6.18 Å². The van der Waals surface area contributed by atoms with Gasteiger partial charge in [0, 0.05) is 11.8 Å². The Kier molecular flexibility index (Phi) is 6.26. The van der Waals surface area contributed by atoms with Gasteiger partial charge in [-0.05, 0) is 93.7 Å². The Morgan fingerprint density at radius 1 is 0.684 bits per heavy atom. The predicted molar refractivity (Wildman–Crippen MR) is 135 cm³/mol. The van der Waals surface area contributed by atoms with E-state index in [2.05, 4.69) is 9.97 Å². The molecule has 0 unspecified atom stereocenters. The second kappa shape index (κ2) is 9.38. The summed E-state index contributed by atoms with van der Waals surface area (Å²) in [4.78, 5) is 9.12. The highest BCUT2D eigenvalue weighted by atomic mass is 19.4. The van der Waals surface area contributed by atoms with E-state index in [1.165, 1.54) is 31.2 Å². The number of aliphatic hydroxyl groups is 2. The lowest BCUT2D eigenvalue weighted by Crippen LogP contribution is -2.40. The van der Waals surface area contributed by atoms with Crippen LogP contribution >= 0.6 is 0 Å². The summed E-state index contributed by atoms with van der Waals surface area (Å²) in [7, 11) is 0. The topological polar surface area (TPSA) is 92.5 Å². The molecule has 6 nitrogen and oxygen atoms in total. The lowest BCUT2D eigenvalue weighted by atomic mass is 9.75. The molecule has 2 aliphatic rings. The van der Waals surface area contributed by atoms with Crippen molar-refractivity contribution in [1.82, 2.24) is 9.97 Å². The molecule has 9 heteroatoms. The van der Waals surface area contributed by atoms with Gasteiger partial charge in [-0.1, -0.05) is 12.1 Å². The summed E-state index contributed by atoms with van der Waals surface area (Å²) in [5.41, 5.74) is -0.479. The van der Waals surface area contributed by atoms with Crippen LogP contribution in [0.4, 0.5) is 13.2 Å². The standard InChI is InChI=1S/C29H31F3N2O4/c1-28(29(30,31)32,18-6-12-24-22(14-18)33-26(37-24)16-2-8-20(35)9-3-16)19-7-13-25-23(15-19)34-27(38-25)17-4-10-21(36)11-5-17/h6-7,12-17,20-21,35-36H,2-5,8-11H2,1H3. The maximum absolute atomic E-state index is 14.8. The van der Waals surface area contributed by atoms with Gasteiger partial charge < -0.3 is 19.0 Å². The number of hydrogen-bond donors (Lipinski definition) is 2. The first-order chi connectivity index (χ1) is 18.1. The molecular weight excluding hydrogens is 497 g/mol. The zero-order valence-electron chi connectivity index (χ0n) is 21.2. The van der Waals surface area contributed by atoms with Crippen molar-refractivity contribution in [2.24, 2.45) is 0 Å². The van der Waals surface area contributed by atoms with E-state index in [4.69, 9.17) is 8.83 Å². The minimum absolute atomic E-state index is 0.0550. The number of oxazole rings is 2. The number of fused-ring (bicyclic) bond motifs is 2. The van der Waals surface area contributed by atoms with Crippen molar-refractivity contribution in [3.63, 3.8) is 0 Å². The molecular formula is C29H31F3N2O4. The Hall–Kier alpha value is -2.91. The Morgan fingerprint density at radius 3 is 1.45 bits per heavy atom. The van der Waals surface area contributed by atoms with Gasteiger partial charge in [-0.3, -0.25) is 0 Å². The number of benzene rings is 2. The molecule has 2 saturated carbocycles. The fourth-order valence-electron chi connectivity index (χ4n) is 6.00. The summed E-state index contributed by atoms with van der Waals surface area (Å²) >= 11 is 0. The smallest absolute Gasteiger partial charge is 0.402 e. The molecule has 0 amide bonds. The van der Waals surface area contributed by atoms with Crippen LogP contribution in [0.2, 0.25) is 0 Å². The number of hydrogen-bond acceptors (Lipinski definition) is 6. The van der Waals surface area contributed by atoms with E-state index in [1.807, 2.05) is 0 Å². The molecule has 2 aliphatic carbocycles. The molecule has 0 aliphatic heterocycles. The zero-order valence-corrected chi connectivity index (χ0v) is 21.2. The monoisotopic (exact) mass is 528 g/mol. The van der Waals surface area contributed by atoms with Crippen LogP contribution in [0, 0.1) is 0 Å². The summed E-state index contributed by atoms with van der Waals surface area (Å²) in [5, 5.41) is 19.6. The Morgan fingerprint density at radius 2 is 1.08 bits per heavy atom. The lowest BCUT2D eigenvalue weighted by Gasteiger charge is -2.33. The number of halogens is 3. The molecule has 0 radical (unpaired) electrons. The second-order valence-corrected chi connectivity index (χ2v) is 11.1. The Balaban J connectivity index is 1.36. The molecule has 0 bridgehead atoms. The van der Waals surface area contributed by atoms with Gasteiger partial charge in [0.05, 0.1) is 12.2 Å². The molecule has 2 heterocycles. The van der Waals surface area contributed by atoms with E-state index >= 15 is 0 Å². The largest absolute Gasteiger partial charge is 0.440 e. The third kappa shape index (κ3) is 4.39. The first kappa shape index (κ1) is 25.4. The maximum atomic E-state index is 14.8. The van der Waals surface area contributed by atoms with Gasteiger partial charge in [0.1, 0.15) is 16.4 Å². The maximum Gasteiger partial charge on any atom is 0.402 e. The van der Waals surface area contributed by atoms with Gasteiger partial charge in [0.2, 0.25) is 0 Å². The molecule has 2 aromatic heterocycles. The van der Waals surface area contributed by atoms with Gasteiger partial charge in [0.15, 0.2) is 22.9 Å². The molecule has 0 atom stereocenters. The average Bonchev–Trinajstić information content (AvgIpc) is 3.52. The highest BCUT2D eigenvalue weighted by Crippen LogP contribution is 2.47. The van der Waals surface area contributed by atoms with Crippen molar-refractivity contribution in [3.05, 3.63) is 59.3 Å². The van der Waals surface area contributed by atoms with Gasteiger partial charge in [-0.15, -0.1) is 0 Å². The van der Waals surface area contributed by atoms with E-state index in [1.54, 1.807) is 12.1 Å². The highest BCUT2D eigenvalue weighted by molar-refractivity contribution is 5.76. The minimum atomic E-state index is -4.59. The van der Waals surface area contributed by atoms with E-state index in [-0.39, 0.29) is 35.2 Å². The van der Waals surface area contributed by atoms with Crippen LogP contribution in [0.15, 0.2) is 45.2 Å². The van der Waals surface area contributed by atoms with Crippen molar-refractivity contribution in [2.45, 2.75) is 93.9 Å². The number of rotatable bonds is 4. The molecule has 4 aromatic rings. The SMILES string of the molecule is CC(c1ccc2oc(C3CCC(O)CC3)nc2c1)(c1ccc2oc(C3CCC(O)CC3)nc2c1)C(F)(F)F. The molecule has 202 valence electrons. The molecule has 6 rings (SSSR count). The third-order valence-electron chi connectivity index (χ3n) is 8.62. The zero-order chi connectivity index (χ0) is 26.7. The number of alkyl halides is 3. The molecule has 2 aromatic carbocycles. The van der Waals surface area contributed by atoms with Crippen molar-refractivity contribution >= 4 is 22.2 Å². The minimum Gasteiger partial charge on any atom is -0.440 e. The van der Waals surface area contributed by atoms with Crippen LogP contribution in [0.25, 0.3) is 22.2 Å². The van der Waals surface area contributed by atoms with Crippen LogP contribution in [0.3, 0.4) is 0 Å². The normalized spacial score (nSPS) is 26.6. The van der Waals surface area contributed by atoms with E-state index < -0.39 is 11.6 Å². The predicted octanol–water partition coefficient (Wildman–Crippen LogP) is 6.87. The van der Waals surface area contributed by atoms with Crippen molar-refractivity contribution in [2.75, 3.05) is 0 Å². The molecule has 2 N–H and O–H groups in total. The lowest BCUT2D eigenvalue weighted by molar-refractivity contribution is -0.173. The van der Waals surface area contributed by atoms with Crippen molar-refractivity contribution in [3.8, 4) is 0 Å². The van der Waals surface area contributed by atoms with Crippen LogP contribution in [0.5, 0.6) is 0 Å². The van der Waals surface area contributed by atoms with E-state index in [0.717, 1.165) is 25.7 Å². The number of aliphatic hydroxyl groups excluding tert-OH is 2. The molecule has 0 spiro atoms. The summed E-state index contributed by atoms with van der Waals surface area (Å²) < 4.78 is 56.2. The average molecular weight is 529 g/mol. The number of nitrogens with zero attached hydrogens (tertiary/aromatic N) is 2. The van der Waals surface area contributed by atoms with Crippen LogP contribution in [0.1, 0.15) is 93.0 Å².